The number of rotatable bonds is 10. The van der Waals surface area contributed by atoms with E-state index in [1.165, 1.54) is 0 Å². The molecule has 0 heterocycles. The average Bonchev–Trinajstić information content (AvgIpc) is 2.28. The van der Waals surface area contributed by atoms with Crippen LogP contribution in [0.15, 0.2) is 0 Å². The summed E-state index contributed by atoms with van der Waals surface area (Å²) in [7, 11) is -2.10. The van der Waals surface area contributed by atoms with Gasteiger partial charge in [-0.15, -0.1) is 0 Å². The van der Waals surface area contributed by atoms with Crippen LogP contribution in [0, 0.1) is 11.3 Å². The lowest BCUT2D eigenvalue weighted by Crippen LogP contribution is -2.30. The molecule has 0 aliphatic carbocycles. The van der Waals surface area contributed by atoms with E-state index in [1.54, 1.807) is 0 Å². The first-order valence-corrected chi connectivity index (χ1v) is 8.63. The normalized spacial score (nSPS) is 17.6. The molecule has 3 N–H and O–H groups in total. The maximum absolute atomic E-state index is 10.5. The molecular formula is C14H30O5P+. The van der Waals surface area contributed by atoms with E-state index >= 15 is 0 Å². The van der Waals surface area contributed by atoms with Gasteiger partial charge in [0, 0.05) is 0 Å². The number of unbranched alkanes of at least 4 members (excludes halogenated alkanes) is 1. The van der Waals surface area contributed by atoms with Gasteiger partial charge in [-0.2, -0.15) is 4.89 Å². The summed E-state index contributed by atoms with van der Waals surface area (Å²) in [5.41, 5.74) is 0.216. The highest BCUT2D eigenvalue weighted by Crippen LogP contribution is 2.24. The third-order valence-electron chi connectivity index (χ3n) is 2.94. The molecule has 0 saturated carbocycles. The van der Waals surface area contributed by atoms with E-state index in [0.29, 0.717) is 31.8 Å². The molecule has 5 nitrogen and oxygen atoms in total. The molecule has 0 aromatic rings. The molecule has 0 aliphatic rings. The Labute approximate surface area is 123 Å². The van der Waals surface area contributed by atoms with E-state index in [1.807, 2.05) is 0 Å². The average molecular weight is 309 g/mol. The Kier molecular flexibility index (Phi) is 9.77. The zero-order chi connectivity index (χ0) is 15.8. The van der Waals surface area contributed by atoms with Crippen molar-refractivity contribution in [2.24, 2.45) is 11.3 Å². The third-order valence-corrected chi connectivity index (χ3v) is 3.64. The van der Waals surface area contributed by atoms with Gasteiger partial charge in [-0.1, -0.05) is 27.7 Å². The van der Waals surface area contributed by atoms with Gasteiger partial charge < -0.3 is 14.9 Å². The van der Waals surface area contributed by atoms with Crippen LogP contribution in [0.2, 0.25) is 0 Å². The van der Waals surface area contributed by atoms with Crippen LogP contribution in [0.1, 0.15) is 53.4 Å². The molecule has 0 aliphatic heterocycles. The maximum atomic E-state index is 10.5. The van der Waals surface area contributed by atoms with Gasteiger partial charge >= 0.3 is 8.03 Å². The largest absolute Gasteiger partial charge is 0.505 e. The first-order chi connectivity index (χ1) is 9.11. The summed E-state index contributed by atoms with van der Waals surface area (Å²) in [4.78, 5) is 8.64. The molecule has 20 heavy (non-hydrogen) atoms. The molecule has 6 heteroatoms. The lowest BCUT2D eigenvalue weighted by Gasteiger charge is -2.25. The number of aliphatic hydroxyl groups excluding tert-OH is 2. The molecule has 0 spiro atoms. The van der Waals surface area contributed by atoms with Crippen LogP contribution in [0.3, 0.4) is 0 Å². The molecule has 4 atom stereocenters. The Bertz CT molecular complexity index is 277. The van der Waals surface area contributed by atoms with Crippen LogP contribution >= 0.6 is 8.03 Å². The minimum atomic E-state index is -2.10. The van der Waals surface area contributed by atoms with E-state index in [0.717, 1.165) is 6.42 Å². The molecule has 0 rings (SSSR count). The monoisotopic (exact) mass is 309 g/mol. The van der Waals surface area contributed by atoms with Crippen molar-refractivity contribution in [3.8, 4) is 0 Å². The number of hydrogen-bond donors (Lipinski definition) is 3. The maximum Gasteiger partial charge on any atom is 0.505 e. The lowest BCUT2D eigenvalue weighted by molar-refractivity contribution is -0.170. The summed E-state index contributed by atoms with van der Waals surface area (Å²) in [6.45, 7) is 8.93. The molecule has 120 valence electrons. The van der Waals surface area contributed by atoms with Gasteiger partial charge in [-0.05, 0) is 41.6 Å². The highest BCUT2D eigenvalue weighted by molar-refractivity contribution is 7.37. The fourth-order valence-corrected chi connectivity index (χ4v) is 2.72. The van der Waals surface area contributed by atoms with Crippen LogP contribution in [0.25, 0.3) is 0 Å². The fraction of sp³-hybridized carbons (Fsp3) is 1.00. The Morgan fingerprint density at radius 1 is 1.20 bits per heavy atom. The zero-order valence-electron chi connectivity index (χ0n) is 13.1. The smallest absolute Gasteiger partial charge is 0.388 e. The summed E-state index contributed by atoms with van der Waals surface area (Å²) in [5.74, 6) is 0.315. The Hall–Kier alpha value is -0.0600. The van der Waals surface area contributed by atoms with Crippen LogP contribution in [-0.2, 0) is 9.30 Å². The molecule has 0 radical (unpaired) electrons. The molecule has 0 aromatic heterocycles. The summed E-state index contributed by atoms with van der Waals surface area (Å²) < 4.78 is 15.8. The topological polar surface area (TPSA) is 87.0 Å². The summed E-state index contributed by atoms with van der Waals surface area (Å²) in [5, 5.41) is 19.4. The van der Waals surface area contributed by atoms with E-state index in [2.05, 4.69) is 27.7 Å². The van der Waals surface area contributed by atoms with E-state index in [9.17, 15) is 14.8 Å². The lowest BCUT2D eigenvalue weighted by atomic mass is 9.86. The highest BCUT2D eigenvalue weighted by atomic mass is 31.1. The molecule has 0 bridgehead atoms. The van der Waals surface area contributed by atoms with Crippen molar-refractivity contribution < 1.29 is 24.4 Å². The van der Waals surface area contributed by atoms with Gasteiger partial charge in [0.25, 0.3) is 0 Å². The van der Waals surface area contributed by atoms with Gasteiger partial charge in [0.1, 0.15) is 6.10 Å². The van der Waals surface area contributed by atoms with Crippen molar-refractivity contribution in [2.75, 3.05) is 12.8 Å². The van der Waals surface area contributed by atoms with Crippen molar-refractivity contribution in [1.29, 1.82) is 0 Å². The molecular weight excluding hydrogens is 279 g/mol. The Balaban J connectivity index is 3.79. The van der Waals surface area contributed by atoms with Crippen LogP contribution < -0.4 is 0 Å². The predicted molar refractivity (Wildman–Crippen MR) is 79.7 cm³/mol. The van der Waals surface area contributed by atoms with Crippen molar-refractivity contribution in [1.82, 2.24) is 0 Å². The number of hydrogen-bond acceptors (Lipinski definition) is 4. The van der Waals surface area contributed by atoms with Crippen molar-refractivity contribution in [2.45, 2.75) is 65.8 Å². The zero-order valence-corrected chi connectivity index (χ0v) is 14.0. The van der Waals surface area contributed by atoms with Gasteiger partial charge in [-0.25, -0.2) is 0 Å². The summed E-state index contributed by atoms with van der Waals surface area (Å²) >= 11 is 0. The Morgan fingerprint density at radius 2 is 1.80 bits per heavy atom. The molecule has 4 unspecified atom stereocenters. The second-order valence-corrected chi connectivity index (χ2v) is 7.88. The first-order valence-electron chi connectivity index (χ1n) is 7.23. The van der Waals surface area contributed by atoms with Gasteiger partial charge in [0.2, 0.25) is 0 Å². The van der Waals surface area contributed by atoms with E-state index < -0.39 is 20.4 Å². The van der Waals surface area contributed by atoms with E-state index in [4.69, 9.17) is 9.63 Å². The summed E-state index contributed by atoms with van der Waals surface area (Å²) in [6, 6.07) is 0. The van der Waals surface area contributed by atoms with E-state index in [-0.39, 0.29) is 11.6 Å². The SMILES string of the molecule is CC(COC(O)C(O)CCCC[P+](=O)O)CC(C)(C)C. The van der Waals surface area contributed by atoms with Crippen molar-refractivity contribution in [3.05, 3.63) is 0 Å². The standard InChI is InChI=1S/C14H29O5P/c1-11(9-14(2,3)4)10-19-13(16)12(15)7-5-6-8-20(17)18/h11-13,15-16H,5-10H2,1-4H3/p+1. The second-order valence-electron chi connectivity index (χ2n) is 6.73. The fourth-order valence-electron chi connectivity index (χ4n) is 2.22. The van der Waals surface area contributed by atoms with Crippen molar-refractivity contribution in [3.63, 3.8) is 0 Å². The Morgan fingerprint density at radius 3 is 2.30 bits per heavy atom. The van der Waals surface area contributed by atoms with Crippen LogP contribution in [0.4, 0.5) is 0 Å². The number of ether oxygens (including phenoxy) is 1. The quantitative estimate of drug-likeness (QED) is 0.328. The van der Waals surface area contributed by atoms with Crippen LogP contribution in [-0.4, -0.2) is 40.3 Å². The molecule has 0 amide bonds. The minimum absolute atomic E-state index is 0.216. The second kappa shape index (κ2) is 9.80. The minimum Gasteiger partial charge on any atom is -0.388 e. The van der Waals surface area contributed by atoms with Gasteiger partial charge in [0.15, 0.2) is 12.5 Å². The first kappa shape index (κ1) is 19.9. The molecule has 0 fully saturated rings. The third kappa shape index (κ3) is 11.7. The molecule has 0 saturated heterocycles. The molecule has 0 aromatic carbocycles. The van der Waals surface area contributed by atoms with Gasteiger partial charge in [0.05, 0.1) is 6.61 Å². The summed E-state index contributed by atoms with van der Waals surface area (Å²) in [6.07, 6.45) is 0.643. The van der Waals surface area contributed by atoms with Crippen LogP contribution in [0.5, 0.6) is 0 Å². The highest BCUT2D eigenvalue weighted by Gasteiger charge is 2.20. The van der Waals surface area contributed by atoms with Gasteiger partial charge in [-0.3, -0.25) is 0 Å². The van der Waals surface area contributed by atoms with Crippen molar-refractivity contribution >= 4 is 8.03 Å². The number of aliphatic hydroxyl groups is 2. The predicted octanol–water partition coefficient (Wildman–Crippen LogP) is 2.66.